The van der Waals surface area contributed by atoms with Gasteiger partial charge in [0.1, 0.15) is 5.69 Å². The van der Waals surface area contributed by atoms with Crippen molar-refractivity contribution in [2.45, 2.75) is 0 Å². The molecule has 2 aromatic carbocycles. The summed E-state index contributed by atoms with van der Waals surface area (Å²) < 4.78 is 0. The first-order chi connectivity index (χ1) is 11.1. The largest absolute Gasteiger partial charge is 0.505 e. The van der Waals surface area contributed by atoms with E-state index in [1.807, 2.05) is 30.1 Å². The Labute approximate surface area is 146 Å². The maximum absolute atomic E-state index is 10.3. The van der Waals surface area contributed by atoms with Gasteiger partial charge in [-0.25, -0.2) is 0 Å². The van der Waals surface area contributed by atoms with Gasteiger partial charge in [-0.05, 0) is 6.07 Å². The first-order valence-corrected chi connectivity index (χ1v) is 8.40. The molecule has 3 aromatic rings. The van der Waals surface area contributed by atoms with E-state index < -0.39 is 0 Å². The fourth-order valence-electron chi connectivity index (χ4n) is 1.94. The van der Waals surface area contributed by atoms with Crippen molar-refractivity contribution < 1.29 is 5.11 Å². The van der Waals surface area contributed by atoms with Gasteiger partial charge in [0, 0.05) is 17.8 Å². The molecule has 0 saturated heterocycles. The summed E-state index contributed by atoms with van der Waals surface area (Å²) in [6.45, 7) is 0. The van der Waals surface area contributed by atoms with Gasteiger partial charge in [-0.15, -0.1) is 20.4 Å². The van der Waals surface area contributed by atoms with Crippen LogP contribution in [0.25, 0.3) is 10.8 Å². The summed E-state index contributed by atoms with van der Waals surface area (Å²) >= 11 is 11.7. The molecule has 23 heavy (non-hydrogen) atoms. The average Bonchev–Trinajstić information content (AvgIpc) is 3.05. The third kappa shape index (κ3) is 3.24. The summed E-state index contributed by atoms with van der Waals surface area (Å²) in [4.78, 5) is 1.82. The molecule has 118 valence electrons. The van der Waals surface area contributed by atoms with Crippen LogP contribution in [0.1, 0.15) is 0 Å². The highest BCUT2D eigenvalue weighted by molar-refractivity contribution is 7.80. The fraction of sp³-hybridized carbons (Fsp3) is 0.143. The molecule has 1 N–H and O–H groups in total. The van der Waals surface area contributed by atoms with Crippen LogP contribution < -0.4 is 4.90 Å². The molecule has 0 aliphatic carbocycles. The standard InChI is InChI=1S/C14H12ClN5OS2/c1-20(7-22)14-19-18-13(23-14)17-16-11-6-10(15)8-4-2-3-5-9(8)12(11)21/h2-6,21-22H,7H2,1H3/b17-16+. The molecule has 0 saturated carbocycles. The third-order valence-corrected chi connectivity index (χ3v) is 4.79. The number of hydrogen-bond donors (Lipinski definition) is 2. The molecule has 1 heterocycles. The number of fused-ring (bicyclic) bond motifs is 1. The second-order valence-corrected chi connectivity index (χ2v) is 6.30. The molecule has 9 heteroatoms. The van der Waals surface area contributed by atoms with Crippen LogP contribution in [0.2, 0.25) is 5.02 Å². The molecule has 0 fully saturated rings. The molecule has 6 nitrogen and oxygen atoms in total. The van der Waals surface area contributed by atoms with Crippen molar-refractivity contribution >= 4 is 62.3 Å². The van der Waals surface area contributed by atoms with E-state index in [4.69, 9.17) is 11.6 Å². The topological polar surface area (TPSA) is 74.0 Å². The number of thiol groups is 1. The van der Waals surface area contributed by atoms with E-state index >= 15 is 0 Å². The number of aromatic hydroxyl groups is 1. The van der Waals surface area contributed by atoms with Crippen LogP contribution in [0.3, 0.4) is 0 Å². The Hall–Kier alpha value is -1.90. The number of aromatic nitrogens is 2. The summed E-state index contributed by atoms with van der Waals surface area (Å²) in [7, 11) is 1.85. The van der Waals surface area contributed by atoms with Gasteiger partial charge in [0.15, 0.2) is 5.75 Å². The van der Waals surface area contributed by atoms with E-state index in [1.165, 1.54) is 11.3 Å². The summed E-state index contributed by atoms with van der Waals surface area (Å²) in [6.07, 6.45) is 0. The second kappa shape index (κ2) is 6.69. The maximum atomic E-state index is 10.3. The number of anilines is 1. The van der Waals surface area contributed by atoms with Gasteiger partial charge in [-0.1, -0.05) is 47.2 Å². The number of nitrogens with zero attached hydrogens (tertiary/aromatic N) is 5. The Balaban J connectivity index is 1.95. The normalized spacial score (nSPS) is 11.4. The number of hydrogen-bond acceptors (Lipinski definition) is 8. The van der Waals surface area contributed by atoms with Crippen LogP contribution in [0.5, 0.6) is 5.75 Å². The zero-order chi connectivity index (χ0) is 16.4. The molecule has 0 aliphatic rings. The number of halogens is 1. The lowest BCUT2D eigenvalue weighted by molar-refractivity contribution is 0.482. The van der Waals surface area contributed by atoms with Crippen molar-refractivity contribution in [2.75, 3.05) is 17.8 Å². The minimum Gasteiger partial charge on any atom is -0.505 e. The molecular formula is C14H12ClN5OS2. The smallest absolute Gasteiger partial charge is 0.253 e. The van der Waals surface area contributed by atoms with E-state index in [1.54, 1.807) is 12.1 Å². The Kier molecular flexibility index (Phi) is 4.65. The molecular weight excluding hydrogens is 354 g/mol. The Bertz CT molecular complexity index is 883. The van der Waals surface area contributed by atoms with Crippen LogP contribution in [0, 0.1) is 0 Å². The highest BCUT2D eigenvalue weighted by atomic mass is 35.5. The Morgan fingerprint density at radius 2 is 2.00 bits per heavy atom. The highest BCUT2D eigenvalue weighted by Crippen LogP contribution is 2.40. The molecule has 0 radical (unpaired) electrons. The predicted molar refractivity (Wildman–Crippen MR) is 97.0 cm³/mol. The lowest BCUT2D eigenvalue weighted by Gasteiger charge is -2.08. The van der Waals surface area contributed by atoms with E-state index in [2.05, 4.69) is 33.1 Å². The average molecular weight is 366 g/mol. The van der Waals surface area contributed by atoms with Crippen molar-refractivity contribution in [1.29, 1.82) is 0 Å². The van der Waals surface area contributed by atoms with Crippen molar-refractivity contribution in [2.24, 2.45) is 10.2 Å². The van der Waals surface area contributed by atoms with Gasteiger partial charge in [0.25, 0.3) is 5.13 Å². The number of azo groups is 1. The maximum Gasteiger partial charge on any atom is 0.253 e. The van der Waals surface area contributed by atoms with Crippen molar-refractivity contribution in [3.05, 3.63) is 35.4 Å². The molecule has 0 atom stereocenters. The minimum absolute atomic E-state index is 0.0333. The number of phenols is 1. The Morgan fingerprint density at radius 1 is 1.26 bits per heavy atom. The number of phenolic OH excluding ortho intramolecular Hbond substituents is 1. The van der Waals surface area contributed by atoms with E-state index in [9.17, 15) is 5.11 Å². The first-order valence-electron chi connectivity index (χ1n) is 6.57. The zero-order valence-corrected chi connectivity index (χ0v) is 14.5. The van der Waals surface area contributed by atoms with Gasteiger partial charge in [-0.3, -0.25) is 0 Å². The second-order valence-electron chi connectivity index (χ2n) is 4.68. The third-order valence-electron chi connectivity index (χ3n) is 3.13. The fourth-order valence-corrected chi connectivity index (χ4v) is 3.06. The summed E-state index contributed by atoms with van der Waals surface area (Å²) in [5.74, 6) is 0.554. The van der Waals surface area contributed by atoms with Crippen molar-refractivity contribution in [3.8, 4) is 5.75 Å². The summed E-state index contributed by atoms with van der Waals surface area (Å²) in [6, 6.07) is 8.87. The summed E-state index contributed by atoms with van der Waals surface area (Å²) in [5.41, 5.74) is 0.285. The zero-order valence-electron chi connectivity index (χ0n) is 12.0. The van der Waals surface area contributed by atoms with E-state index in [0.29, 0.717) is 26.5 Å². The van der Waals surface area contributed by atoms with Crippen molar-refractivity contribution in [3.63, 3.8) is 0 Å². The number of rotatable bonds is 4. The molecule has 0 amide bonds. The molecule has 0 bridgehead atoms. The minimum atomic E-state index is 0.0333. The SMILES string of the molecule is CN(CS)c1nnc(/N=N/c2cc(Cl)c3ccccc3c2O)s1. The monoisotopic (exact) mass is 365 g/mol. The predicted octanol–water partition coefficient (Wildman–Crippen LogP) is 4.79. The van der Waals surface area contributed by atoms with E-state index in [0.717, 1.165) is 5.39 Å². The van der Waals surface area contributed by atoms with E-state index in [-0.39, 0.29) is 11.4 Å². The van der Waals surface area contributed by atoms with Crippen molar-refractivity contribution in [1.82, 2.24) is 10.2 Å². The lowest BCUT2D eigenvalue weighted by Crippen LogP contribution is -2.13. The van der Waals surface area contributed by atoms with Gasteiger partial charge >= 0.3 is 0 Å². The van der Waals surface area contributed by atoms with Crippen LogP contribution in [-0.4, -0.2) is 28.2 Å². The van der Waals surface area contributed by atoms with Gasteiger partial charge in [-0.2, -0.15) is 12.6 Å². The lowest BCUT2D eigenvalue weighted by atomic mass is 10.1. The van der Waals surface area contributed by atoms with Gasteiger partial charge < -0.3 is 10.0 Å². The van der Waals surface area contributed by atoms with Gasteiger partial charge in [0.05, 0.1) is 10.9 Å². The first kappa shape index (κ1) is 16.0. The molecule has 0 unspecified atom stereocenters. The highest BCUT2D eigenvalue weighted by Gasteiger charge is 2.11. The molecule has 1 aromatic heterocycles. The summed E-state index contributed by atoms with van der Waals surface area (Å²) in [5, 5.41) is 29.3. The quantitative estimate of drug-likeness (QED) is 0.396. The van der Waals surface area contributed by atoms with Crippen LogP contribution in [-0.2, 0) is 0 Å². The molecule has 0 aliphatic heterocycles. The van der Waals surface area contributed by atoms with Crippen LogP contribution in [0.15, 0.2) is 40.6 Å². The van der Waals surface area contributed by atoms with Gasteiger partial charge in [0.2, 0.25) is 5.13 Å². The molecule has 3 rings (SSSR count). The number of benzene rings is 2. The van der Waals surface area contributed by atoms with Crippen LogP contribution >= 0.6 is 35.6 Å². The Morgan fingerprint density at radius 3 is 2.74 bits per heavy atom. The molecule has 0 spiro atoms. The van der Waals surface area contributed by atoms with Crippen LogP contribution in [0.4, 0.5) is 16.0 Å².